The zero-order valence-electron chi connectivity index (χ0n) is 15.3. The molecule has 1 heterocycles. The van der Waals surface area contributed by atoms with Crippen LogP contribution in [0, 0.1) is 0 Å². The highest BCUT2D eigenvalue weighted by molar-refractivity contribution is 8.15. The minimum absolute atomic E-state index is 0.0369. The number of hydrogen-bond donors (Lipinski definition) is 0. The van der Waals surface area contributed by atoms with E-state index in [0.29, 0.717) is 16.3 Å². The number of carbonyl (C=O) groups excluding carboxylic acids is 1. The van der Waals surface area contributed by atoms with Crippen LogP contribution in [-0.4, -0.2) is 31.8 Å². The first kappa shape index (κ1) is 20.7. The molecule has 0 aliphatic carbocycles. The van der Waals surface area contributed by atoms with Crippen LogP contribution in [0.1, 0.15) is 19.4 Å². The minimum Gasteiger partial charge on any atom is -0.464 e. The Hall–Kier alpha value is -2.02. The van der Waals surface area contributed by atoms with Gasteiger partial charge in [0.25, 0.3) is 9.05 Å². The summed E-state index contributed by atoms with van der Waals surface area (Å²) in [4.78, 5) is 14.6. The van der Waals surface area contributed by atoms with Gasteiger partial charge >= 0.3 is 5.97 Å². The Labute approximate surface area is 173 Å². The topological polar surface area (TPSA) is 63.7 Å². The van der Waals surface area contributed by atoms with Crippen LogP contribution in [0.4, 0.5) is 5.69 Å². The molecule has 28 heavy (non-hydrogen) atoms. The summed E-state index contributed by atoms with van der Waals surface area (Å²) in [6.45, 7) is 3.29. The molecule has 2 aromatic rings. The molecule has 0 amide bonds. The zero-order chi connectivity index (χ0) is 20.5. The fourth-order valence-electron chi connectivity index (χ4n) is 3.44. The number of halogens is 2. The molecule has 0 bridgehead atoms. The highest BCUT2D eigenvalue weighted by Gasteiger charge is 2.60. The maximum atomic E-state index is 12.9. The molecule has 0 unspecified atom stereocenters. The molecule has 0 N–H and O–H groups in total. The maximum absolute atomic E-state index is 12.9. The molecule has 148 valence electrons. The Morgan fingerprint density at radius 1 is 1.14 bits per heavy atom. The maximum Gasteiger partial charge on any atom is 0.335 e. The lowest BCUT2D eigenvalue weighted by Crippen LogP contribution is -2.54. The first-order valence-corrected chi connectivity index (χ1v) is 11.4. The first-order chi connectivity index (χ1) is 13.2. The number of hydrogen-bond acceptors (Lipinski definition) is 5. The van der Waals surface area contributed by atoms with Gasteiger partial charge in [0.2, 0.25) is 4.75 Å². The minimum atomic E-state index is -4.37. The standard InChI is InChI=1S/C20H19Cl2NO4S/c1-3-27-19(24)20(28(22,25)26)13-18(15-9-11-16(21)12-10-15)23(14(20)2)17-7-5-4-6-8-17/h4-14H,3H2,1-2H3/t14-,20+/m0/s1. The van der Waals surface area contributed by atoms with Crippen LogP contribution < -0.4 is 4.90 Å². The van der Waals surface area contributed by atoms with Crippen molar-refractivity contribution in [2.75, 3.05) is 11.5 Å². The van der Waals surface area contributed by atoms with Crippen molar-refractivity contribution in [1.29, 1.82) is 0 Å². The Morgan fingerprint density at radius 2 is 1.75 bits per heavy atom. The molecule has 2 atom stereocenters. The van der Waals surface area contributed by atoms with Gasteiger partial charge in [0.15, 0.2) is 0 Å². The first-order valence-electron chi connectivity index (χ1n) is 8.67. The van der Waals surface area contributed by atoms with Crippen LogP contribution in [-0.2, 0) is 18.6 Å². The van der Waals surface area contributed by atoms with Crippen LogP contribution in [0.25, 0.3) is 5.70 Å². The van der Waals surface area contributed by atoms with Crippen LogP contribution >= 0.6 is 22.3 Å². The third-order valence-electron chi connectivity index (χ3n) is 4.79. The molecule has 0 saturated carbocycles. The lowest BCUT2D eigenvalue weighted by molar-refractivity contribution is -0.145. The number of para-hydroxylation sites is 1. The normalized spacial score (nSPS) is 22.1. The third kappa shape index (κ3) is 3.41. The van der Waals surface area contributed by atoms with Gasteiger partial charge in [0, 0.05) is 27.1 Å². The van der Waals surface area contributed by atoms with Crippen molar-refractivity contribution in [3.63, 3.8) is 0 Å². The molecular formula is C20H19Cl2NO4S. The SMILES string of the molecule is CCOC(=O)[C@@]1(S(=O)(=O)Cl)C=C(c2ccc(Cl)cc2)N(c2ccccc2)[C@H]1C. The second kappa shape index (κ2) is 7.78. The summed E-state index contributed by atoms with van der Waals surface area (Å²) in [6, 6.07) is 15.3. The van der Waals surface area contributed by atoms with Crippen molar-refractivity contribution >= 4 is 48.7 Å². The van der Waals surface area contributed by atoms with Crippen molar-refractivity contribution in [2.45, 2.75) is 24.6 Å². The van der Waals surface area contributed by atoms with Gasteiger partial charge in [-0.05, 0) is 49.8 Å². The largest absolute Gasteiger partial charge is 0.464 e. The van der Waals surface area contributed by atoms with E-state index >= 15 is 0 Å². The van der Waals surface area contributed by atoms with Gasteiger partial charge in [-0.2, -0.15) is 0 Å². The van der Waals surface area contributed by atoms with Crippen molar-refractivity contribution in [3.8, 4) is 0 Å². The molecular weight excluding hydrogens is 421 g/mol. The number of esters is 1. The summed E-state index contributed by atoms with van der Waals surface area (Å²) in [5.74, 6) is -0.901. The van der Waals surface area contributed by atoms with E-state index in [1.165, 1.54) is 6.08 Å². The quantitative estimate of drug-likeness (QED) is 0.508. The van der Waals surface area contributed by atoms with Gasteiger partial charge < -0.3 is 9.64 Å². The average Bonchev–Trinajstić information content (AvgIpc) is 2.97. The fraction of sp³-hybridized carbons (Fsp3) is 0.250. The molecule has 8 heteroatoms. The summed E-state index contributed by atoms with van der Waals surface area (Å²) in [5, 5.41) is 0.545. The fourth-order valence-corrected chi connectivity index (χ4v) is 5.29. The molecule has 1 aliphatic rings. The van der Waals surface area contributed by atoms with E-state index in [2.05, 4.69) is 0 Å². The molecule has 5 nitrogen and oxygen atoms in total. The third-order valence-corrected chi connectivity index (χ3v) is 7.24. The van der Waals surface area contributed by atoms with Crippen molar-refractivity contribution in [3.05, 3.63) is 71.3 Å². The molecule has 0 radical (unpaired) electrons. The number of anilines is 1. The summed E-state index contributed by atoms with van der Waals surface area (Å²) in [6.07, 6.45) is 1.38. The molecule has 0 aromatic heterocycles. The summed E-state index contributed by atoms with van der Waals surface area (Å²) in [7, 11) is 1.46. The Kier molecular flexibility index (Phi) is 5.75. The van der Waals surface area contributed by atoms with Crippen molar-refractivity contribution in [1.82, 2.24) is 0 Å². The lowest BCUT2D eigenvalue weighted by Gasteiger charge is -2.34. The monoisotopic (exact) mass is 439 g/mol. The Balaban J connectivity index is 2.27. The van der Waals surface area contributed by atoms with E-state index in [0.717, 1.165) is 5.69 Å². The molecule has 0 spiro atoms. The van der Waals surface area contributed by atoms with Gasteiger partial charge in [-0.15, -0.1) is 0 Å². The van der Waals surface area contributed by atoms with Crippen molar-refractivity contribution in [2.24, 2.45) is 0 Å². The summed E-state index contributed by atoms with van der Waals surface area (Å²) >= 11 is 6.00. The van der Waals surface area contributed by atoms with E-state index in [9.17, 15) is 13.2 Å². The van der Waals surface area contributed by atoms with E-state index in [4.69, 9.17) is 27.0 Å². The van der Waals surface area contributed by atoms with Crippen LogP contribution in [0.5, 0.6) is 0 Å². The van der Waals surface area contributed by atoms with E-state index in [1.807, 2.05) is 30.3 Å². The Morgan fingerprint density at radius 3 is 2.29 bits per heavy atom. The van der Waals surface area contributed by atoms with Gasteiger partial charge in [0.1, 0.15) is 0 Å². The van der Waals surface area contributed by atoms with Gasteiger partial charge in [-0.25, -0.2) is 13.2 Å². The second-order valence-electron chi connectivity index (χ2n) is 6.37. The van der Waals surface area contributed by atoms with Crippen LogP contribution in [0.15, 0.2) is 60.7 Å². The molecule has 1 aliphatic heterocycles. The van der Waals surface area contributed by atoms with E-state index in [-0.39, 0.29) is 6.61 Å². The van der Waals surface area contributed by atoms with Gasteiger partial charge in [-0.1, -0.05) is 41.9 Å². The zero-order valence-corrected chi connectivity index (χ0v) is 17.6. The summed E-state index contributed by atoms with van der Waals surface area (Å²) in [5.41, 5.74) is 1.96. The average molecular weight is 440 g/mol. The highest BCUT2D eigenvalue weighted by atomic mass is 35.7. The Bertz CT molecular complexity index is 1010. The number of nitrogens with zero attached hydrogens (tertiary/aromatic N) is 1. The van der Waals surface area contributed by atoms with Crippen LogP contribution in [0.2, 0.25) is 5.02 Å². The predicted molar refractivity (Wildman–Crippen MR) is 112 cm³/mol. The molecule has 0 saturated heterocycles. The smallest absolute Gasteiger partial charge is 0.335 e. The number of benzene rings is 2. The van der Waals surface area contributed by atoms with Crippen LogP contribution in [0.3, 0.4) is 0 Å². The van der Waals surface area contributed by atoms with E-state index < -0.39 is 25.8 Å². The number of ether oxygens (including phenoxy) is 1. The number of rotatable bonds is 5. The molecule has 2 aromatic carbocycles. The second-order valence-corrected chi connectivity index (χ2v) is 9.58. The van der Waals surface area contributed by atoms with Crippen molar-refractivity contribution < 1.29 is 17.9 Å². The van der Waals surface area contributed by atoms with Gasteiger partial charge in [0.05, 0.1) is 12.6 Å². The summed E-state index contributed by atoms with van der Waals surface area (Å²) < 4.78 is 28.4. The predicted octanol–water partition coefficient (Wildman–Crippen LogP) is 4.46. The molecule has 3 rings (SSSR count). The lowest BCUT2D eigenvalue weighted by atomic mass is 10.0. The van der Waals surface area contributed by atoms with Gasteiger partial charge in [-0.3, -0.25) is 0 Å². The highest BCUT2D eigenvalue weighted by Crippen LogP contribution is 2.45. The molecule has 0 fully saturated rings. The van der Waals surface area contributed by atoms with E-state index in [1.54, 1.807) is 43.0 Å². The number of carbonyl (C=O) groups is 1.